The Morgan fingerprint density at radius 2 is 1.65 bits per heavy atom. The van der Waals surface area contributed by atoms with Crippen LogP contribution in [0.5, 0.6) is 11.5 Å². The summed E-state index contributed by atoms with van der Waals surface area (Å²) in [6, 6.07) is 13.9. The van der Waals surface area contributed by atoms with Gasteiger partial charge in [0.1, 0.15) is 18.1 Å². The van der Waals surface area contributed by atoms with Crippen LogP contribution < -0.4 is 20.3 Å². The number of benzene rings is 2. The van der Waals surface area contributed by atoms with E-state index >= 15 is 0 Å². The molecule has 0 spiro atoms. The predicted molar refractivity (Wildman–Crippen MR) is 99.0 cm³/mol. The van der Waals surface area contributed by atoms with Gasteiger partial charge in [-0.15, -0.1) is 0 Å². The number of hydrogen-bond donors (Lipinski definition) is 2. The van der Waals surface area contributed by atoms with E-state index in [1.54, 1.807) is 49.4 Å². The molecule has 1 unspecified atom stereocenters. The fourth-order valence-electron chi connectivity index (χ4n) is 2.02. The lowest BCUT2D eigenvalue weighted by Crippen LogP contribution is -2.47. The highest BCUT2D eigenvalue weighted by atomic mass is 16.5. The molecule has 0 aliphatic rings. The number of carbonyl (C=O) groups excluding carboxylic acids is 2. The van der Waals surface area contributed by atoms with E-state index in [9.17, 15) is 9.59 Å². The van der Waals surface area contributed by atoms with Gasteiger partial charge in [0.25, 0.3) is 11.8 Å². The third-order valence-corrected chi connectivity index (χ3v) is 3.49. The largest absolute Gasteiger partial charge is 0.490 e. The normalized spacial score (nSPS) is 11.2. The molecule has 2 aromatic carbocycles. The first kappa shape index (κ1) is 19.1. The fraction of sp³-hybridized carbons (Fsp3) is 0.200. The number of amides is 2. The standard InChI is InChI=1S/C20H22N2O4/c1-4-13-25-17-11-7-16(8-12-17)20(24)22-21-19(23)15(3)26-18-9-5-14(2)6-10-18/h4-12,15H,1,13H2,2-3H3,(H,21,23)(H,22,24). The van der Waals surface area contributed by atoms with Gasteiger partial charge in [0.15, 0.2) is 6.10 Å². The molecule has 2 N–H and O–H groups in total. The summed E-state index contributed by atoms with van der Waals surface area (Å²) in [5.74, 6) is 0.325. The van der Waals surface area contributed by atoms with E-state index in [4.69, 9.17) is 9.47 Å². The van der Waals surface area contributed by atoms with Crippen LogP contribution in [-0.2, 0) is 4.79 Å². The summed E-state index contributed by atoms with van der Waals surface area (Å²) in [4.78, 5) is 24.1. The first-order valence-electron chi connectivity index (χ1n) is 8.17. The van der Waals surface area contributed by atoms with Gasteiger partial charge in [0.05, 0.1) is 0 Å². The number of hydrogen-bond acceptors (Lipinski definition) is 4. The van der Waals surface area contributed by atoms with Crippen LogP contribution >= 0.6 is 0 Å². The number of rotatable bonds is 7. The number of aryl methyl sites for hydroxylation is 1. The topological polar surface area (TPSA) is 76.7 Å². The van der Waals surface area contributed by atoms with E-state index in [-0.39, 0.29) is 0 Å². The van der Waals surface area contributed by atoms with Gasteiger partial charge >= 0.3 is 0 Å². The van der Waals surface area contributed by atoms with Crippen molar-refractivity contribution in [3.05, 3.63) is 72.3 Å². The molecule has 2 aromatic rings. The second-order valence-electron chi connectivity index (χ2n) is 5.64. The molecule has 2 amide bonds. The third kappa shape index (κ3) is 5.66. The summed E-state index contributed by atoms with van der Waals surface area (Å²) in [5.41, 5.74) is 6.21. The lowest BCUT2D eigenvalue weighted by atomic mass is 10.2. The minimum Gasteiger partial charge on any atom is -0.490 e. The number of ether oxygens (including phenoxy) is 2. The third-order valence-electron chi connectivity index (χ3n) is 3.49. The van der Waals surface area contributed by atoms with Gasteiger partial charge in [-0.05, 0) is 50.2 Å². The van der Waals surface area contributed by atoms with Crippen molar-refractivity contribution < 1.29 is 19.1 Å². The van der Waals surface area contributed by atoms with Crippen molar-refractivity contribution >= 4 is 11.8 Å². The molecular weight excluding hydrogens is 332 g/mol. The van der Waals surface area contributed by atoms with Crippen molar-refractivity contribution in [2.24, 2.45) is 0 Å². The Bertz CT molecular complexity index is 754. The molecule has 0 heterocycles. The second kappa shape index (κ2) is 9.27. The fourth-order valence-corrected chi connectivity index (χ4v) is 2.02. The van der Waals surface area contributed by atoms with E-state index in [0.29, 0.717) is 23.7 Å². The summed E-state index contributed by atoms with van der Waals surface area (Å²) in [6.45, 7) is 7.53. The lowest BCUT2D eigenvalue weighted by molar-refractivity contribution is -0.128. The van der Waals surface area contributed by atoms with Gasteiger partial charge in [-0.3, -0.25) is 20.4 Å². The van der Waals surface area contributed by atoms with Crippen molar-refractivity contribution in [2.75, 3.05) is 6.61 Å². The van der Waals surface area contributed by atoms with Crippen LogP contribution in [0.2, 0.25) is 0 Å². The van der Waals surface area contributed by atoms with Gasteiger partial charge in [-0.2, -0.15) is 0 Å². The molecule has 0 bridgehead atoms. The molecule has 0 aliphatic heterocycles. The molecule has 2 rings (SSSR count). The van der Waals surface area contributed by atoms with Gasteiger partial charge in [0, 0.05) is 5.56 Å². The highest BCUT2D eigenvalue weighted by Crippen LogP contribution is 2.13. The van der Waals surface area contributed by atoms with Crippen LogP contribution in [0.1, 0.15) is 22.8 Å². The maximum Gasteiger partial charge on any atom is 0.279 e. The average molecular weight is 354 g/mol. The maximum absolute atomic E-state index is 12.1. The quantitative estimate of drug-likeness (QED) is 0.592. The van der Waals surface area contributed by atoms with E-state index in [2.05, 4.69) is 17.4 Å². The van der Waals surface area contributed by atoms with Crippen LogP contribution in [0, 0.1) is 6.92 Å². The zero-order valence-corrected chi connectivity index (χ0v) is 14.8. The van der Waals surface area contributed by atoms with Crippen LogP contribution in [0.4, 0.5) is 0 Å². The molecule has 0 saturated carbocycles. The first-order chi connectivity index (χ1) is 12.5. The Hall–Kier alpha value is -3.28. The smallest absolute Gasteiger partial charge is 0.279 e. The van der Waals surface area contributed by atoms with Crippen molar-refractivity contribution in [3.63, 3.8) is 0 Å². The van der Waals surface area contributed by atoms with Crippen molar-refractivity contribution in [2.45, 2.75) is 20.0 Å². The minimum absolute atomic E-state index is 0.389. The highest BCUT2D eigenvalue weighted by Gasteiger charge is 2.16. The molecule has 0 aromatic heterocycles. The molecule has 136 valence electrons. The zero-order valence-electron chi connectivity index (χ0n) is 14.8. The Balaban J connectivity index is 1.82. The second-order valence-corrected chi connectivity index (χ2v) is 5.64. The Labute approximate surface area is 152 Å². The van der Waals surface area contributed by atoms with Gasteiger partial charge in [-0.25, -0.2) is 0 Å². The van der Waals surface area contributed by atoms with Gasteiger partial charge in [0.2, 0.25) is 0 Å². The number of nitrogens with one attached hydrogen (secondary N) is 2. The Morgan fingerprint density at radius 3 is 2.27 bits per heavy atom. The summed E-state index contributed by atoms with van der Waals surface area (Å²) >= 11 is 0. The van der Waals surface area contributed by atoms with Crippen molar-refractivity contribution in [3.8, 4) is 11.5 Å². The van der Waals surface area contributed by atoms with Crippen LogP contribution in [0.3, 0.4) is 0 Å². The molecule has 1 atom stereocenters. The monoisotopic (exact) mass is 354 g/mol. The molecule has 0 fully saturated rings. The lowest BCUT2D eigenvalue weighted by Gasteiger charge is -2.15. The van der Waals surface area contributed by atoms with Crippen LogP contribution in [0.25, 0.3) is 0 Å². The van der Waals surface area contributed by atoms with E-state index in [0.717, 1.165) is 5.56 Å². The molecule has 6 heteroatoms. The van der Waals surface area contributed by atoms with Crippen molar-refractivity contribution in [1.29, 1.82) is 0 Å². The molecule has 0 aliphatic carbocycles. The molecular formula is C20H22N2O4. The van der Waals surface area contributed by atoms with Crippen LogP contribution in [-0.4, -0.2) is 24.5 Å². The zero-order chi connectivity index (χ0) is 18.9. The van der Waals surface area contributed by atoms with Gasteiger partial charge in [-0.1, -0.05) is 30.4 Å². The summed E-state index contributed by atoms with van der Waals surface area (Å²) in [6.07, 6.45) is 0.878. The first-order valence-corrected chi connectivity index (χ1v) is 8.17. The number of hydrazine groups is 1. The van der Waals surface area contributed by atoms with E-state index < -0.39 is 17.9 Å². The molecule has 26 heavy (non-hydrogen) atoms. The SMILES string of the molecule is C=CCOc1ccc(C(=O)NNC(=O)C(C)Oc2ccc(C)cc2)cc1. The summed E-state index contributed by atoms with van der Waals surface area (Å²) in [7, 11) is 0. The van der Waals surface area contributed by atoms with Gasteiger partial charge < -0.3 is 9.47 Å². The Kier molecular flexibility index (Phi) is 6.79. The molecule has 0 radical (unpaired) electrons. The minimum atomic E-state index is -0.757. The molecule has 0 saturated heterocycles. The number of carbonyl (C=O) groups is 2. The predicted octanol–water partition coefficient (Wildman–Crippen LogP) is 2.79. The summed E-state index contributed by atoms with van der Waals surface area (Å²) in [5, 5.41) is 0. The van der Waals surface area contributed by atoms with Crippen LogP contribution in [0.15, 0.2) is 61.2 Å². The summed E-state index contributed by atoms with van der Waals surface area (Å²) < 4.78 is 10.9. The highest BCUT2D eigenvalue weighted by molar-refractivity contribution is 5.95. The van der Waals surface area contributed by atoms with E-state index in [1.165, 1.54) is 0 Å². The molecule has 6 nitrogen and oxygen atoms in total. The Morgan fingerprint density at radius 1 is 1.04 bits per heavy atom. The average Bonchev–Trinajstić information content (AvgIpc) is 2.66. The van der Waals surface area contributed by atoms with Crippen molar-refractivity contribution in [1.82, 2.24) is 10.9 Å². The van der Waals surface area contributed by atoms with E-state index in [1.807, 2.05) is 19.1 Å². The maximum atomic E-state index is 12.1.